The molecule has 17 heteroatoms. The fourth-order valence-corrected chi connectivity index (χ4v) is 8.25. The molecule has 1 aromatic heterocycles. The molecule has 2 aromatic rings. The number of hydrogen-bond donors (Lipinski definition) is 3. The Bertz CT molecular complexity index is 1510. The number of likely N-dealkylation sites (tertiary alicyclic amines) is 3. The number of rotatable bonds is 6. The number of urea groups is 2. The molecule has 1 atom stereocenters. The third kappa shape index (κ3) is 7.71. The molecule has 10 nitrogen and oxygen atoms in total. The number of nitrogens with two attached hydrogens (primary N) is 1. The smallest absolute Gasteiger partial charge is 0.398 e. The lowest BCUT2D eigenvalue weighted by molar-refractivity contribution is -0.141. The first kappa shape index (κ1) is 35.1. The number of amides is 5. The molecule has 0 unspecified atom stereocenters. The molecular formula is C32H39F6N7O3S. The zero-order chi connectivity index (χ0) is 35.1. The van der Waals surface area contributed by atoms with Crippen molar-refractivity contribution in [2.24, 2.45) is 0 Å². The van der Waals surface area contributed by atoms with Gasteiger partial charge in [-0.3, -0.25) is 4.79 Å². The predicted molar refractivity (Wildman–Crippen MR) is 171 cm³/mol. The van der Waals surface area contributed by atoms with E-state index in [1.54, 1.807) is 4.90 Å². The molecule has 0 aliphatic carbocycles. The summed E-state index contributed by atoms with van der Waals surface area (Å²) in [6.45, 7) is 3.57. The van der Waals surface area contributed by atoms with Gasteiger partial charge in [0.1, 0.15) is 6.04 Å². The number of nitrogens with one attached hydrogen (secondary N) is 2. The van der Waals surface area contributed by atoms with Gasteiger partial charge in [0.15, 0.2) is 0 Å². The molecule has 0 bridgehead atoms. The van der Waals surface area contributed by atoms with Gasteiger partial charge in [0.25, 0.3) is 0 Å². The molecule has 0 spiro atoms. The zero-order valence-corrected chi connectivity index (χ0v) is 27.5. The largest absolute Gasteiger partial charge is 0.418 e. The quantitative estimate of drug-likeness (QED) is 0.267. The monoisotopic (exact) mass is 715 g/mol. The number of nitrogens with zero attached hydrogens (tertiary/aromatic N) is 4. The fraction of sp³-hybridized carbons (Fsp3) is 0.594. The molecule has 4 N–H and O–H groups in total. The number of hydrogen-bond acceptors (Lipinski definition) is 6. The van der Waals surface area contributed by atoms with E-state index in [9.17, 15) is 40.7 Å². The summed E-state index contributed by atoms with van der Waals surface area (Å²) in [5.41, 5.74) is 0.947. The number of benzene rings is 1. The number of alkyl halides is 6. The van der Waals surface area contributed by atoms with Gasteiger partial charge in [-0.15, -0.1) is 11.3 Å². The summed E-state index contributed by atoms with van der Waals surface area (Å²) in [5.74, 6) is -0.571. The lowest BCUT2D eigenvalue weighted by Gasteiger charge is -2.40. The molecule has 0 saturated carbocycles. The van der Waals surface area contributed by atoms with Crippen LogP contribution in [0.2, 0.25) is 0 Å². The Morgan fingerprint density at radius 3 is 2.06 bits per heavy atom. The maximum Gasteiger partial charge on any atom is 0.418 e. The van der Waals surface area contributed by atoms with Gasteiger partial charge >= 0.3 is 24.4 Å². The Morgan fingerprint density at radius 2 is 1.47 bits per heavy atom. The van der Waals surface area contributed by atoms with Crippen molar-refractivity contribution < 1.29 is 40.7 Å². The Kier molecular flexibility index (Phi) is 9.95. The van der Waals surface area contributed by atoms with Gasteiger partial charge in [0.05, 0.1) is 29.0 Å². The number of halogens is 6. The van der Waals surface area contributed by atoms with Crippen LogP contribution in [-0.2, 0) is 30.1 Å². The molecule has 4 aliphatic rings. The first-order valence-electron chi connectivity index (χ1n) is 16.5. The Labute approximate surface area is 283 Å². The average Bonchev–Trinajstić information content (AvgIpc) is 3.76. The van der Waals surface area contributed by atoms with Crippen molar-refractivity contribution in [3.63, 3.8) is 0 Å². The molecule has 49 heavy (non-hydrogen) atoms. The Hall–Kier alpha value is -3.73. The second-order valence-electron chi connectivity index (χ2n) is 13.1. The minimum Gasteiger partial charge on any atom is -0.398 e. The van der Waals surface area contributed by atoms with Gasteiger partial charge in [-0.05, 0) is 80.8 Å². The summed E-state index contributed by atoms with van der Waals surface area (Å²) >= 11 is 1.53. The third-order valence-corrected chi connectivity index (χ3v) is 11.0. The van der Waals surface area contributed by atoms with Gasteiger partial charge < -0.3 is 36.0 Å². The van der Waals surface area contributed by atoms with Crippen LogP contribution in [0.25, 0.3) is 0 Å². The molecule has 5 amide bonds. The van der Waals surface area contributed by atoms with E-state index in [0.29, 0.717) is 57.5 Å². The van der Waals surface area contributed by atoms with Crippen molar-refractivity contribution >= 4 is 40.7 Å². The molecule has 5 heterocycles. The van der Waals surface area contributed by atoms with E-state index >= 15 is 0 Å². The number of thiophene rings is 1. The van der Waals surface area contributed by atoms with Crippen molar-refractivity contribution in [3.8, 4) is 0 Å². The summed E-state index contributed by atoms with van der Waals surface area (Å²) in [6.07, 6.45) is -6.50. The van der Waals surface area contributed by atoms with Gasteiger partial charge in [-0.25, -0.2) is 9.59 Å². The van der Waals surface area contributed by atoms with Crippen molar-refractivity contribution in [3.05, 3.63) is 45.1 Å². The van der Waals surface area contributed by atoms with E-state index in [1.165, 1.54) is 21.1 Å². The molecule has 3 saturated heterocycles. The molecule has 6 rings (SSSR count). The van der Waals surface area contributed by atoms with Gasteiger partial charge in [-0.2, -0.15) is 26.3 Å². The van der Waals surface area contributed by atoms with E-state index in [2.05, 4.69) is 15.5 Å². The van der Waals surface area contributed by atoms with Crippen LogP contribution in [0.4, 0.5) is 47.3 Å². The summed E-state index contributed by atoms with van der Waals surface area (Å²) in [4.78, 5) is 48.3. The Balaban J connectivity index is 1.18. The van der Waals surface area contributed by atoms with E-state index in [1.807, 2.05) is 11.4 Å². The summed E-state index contributed by atoms with van der Waals surface area (Å²) < 4.78 is 82.9. The summed E-state index contributed by atoms with van der Waals surface area (Å²) in [5, 5.41) is 7.41. The summed E-state index contributed by atoms with van der Waals surface area (Å²) in [7, 11) is 0. The van der Waals surface area contributed by atoms with Crippen molar-refractivity contribution in [1.82, 2.24) is 24.9 Å². The fourth-order valence-electron chi connectivity index (χ4n) is 7.42. The maximum absolute atomic E-state index is 13.9. The second-order valence-corrected chi connectivity index (χ2v) is 14.1. The first-order chi connectivity index (χ1) is 23.2. The number of fused-ring (bicyclic) bond motifs is 1. The highest BCUT2D eigenvalue weighted by atomic mass is 32.1. The van der Waals surface area contributed by atoms with E-state index in [0.717, 1.165) is 36.5 Å². The molecule has 268 valence electrons. The van der Waals surface area contributed by atoms with Crippen LogP contribution in [0, 0.1) is 0 Å². The van der Waals surface area contributed by atoms with Gasteiger partial charge in [0.2, 0.25) is 5.91 Å². The molecular weight excluding hydrogens is 676 g/mol. The average molecular weight is 716 g/mol. The van der Waals surface area contributed by atoms with Crippen LogP contribution >= 0.6 is 11.3 Å². The molecule has 1 aromatic carbocycles. The number of anilines is 2. The number of carbonyl (C=O) groups excluding carboxylic acids is 3. The Morgan fingerprint density at radius 1 is 0.898 bits per heavy atom. The standard InChI is InChI=1S/C32H39F6N7O3S/c33-31(34,35)22-15-19(16-23(27(22)39)32(36,37)38)17-25(28(46)43-10-3-20(4-11-43)42-8-1-2-9-42)41-29(47)44-12-5-21(6-13-44)45-18-26-24(7-14-49-26)40-30(45)48/h7,14-16,20-21,25H,1-6,8-13,17-18,39H2,(H,40,48)(H,41,47)/t25-/m1/s1. The SMILES string of the molecule is Nc1c(C(F)(F)F)cc(C[C@@H](NC(=O)N2CCC(N3Cc4sccc4NC3=O)CC2)C(=O)N2CCC(N3CCCC3)CC2)cc1C(F)(F)F. The highest BCUT2D eigenvalue weighted by molar-refractivity contribution is 7.10. The van der Waals surface area contributed by atoms with Crippen molar-refractivity contribution in [2.45, 2.75) is 82.0 Å². The zero-order valence-electron chi connectivity index (χ0n) is 26.7. The highest BCUT2D eigenvalue weighted by Gasteiger charge is 2.42. The van der Waals surface area contributed by atoms with Crippen LogP contribution < -0.4 is 16.4 Å². The normalized spacial score (nSPS) is 20.7. The minimum absolute atomic E-state index is 0.148. The highest BCUT2D eigenvalue weighted by Crippen LogP contribution is 2.42. The van der Waals surface area contributed by atoms with E-state index in [4.69, 9.17) is 5.73 Å². The van der Waals surface area contributed by atoms with Crippen molar-refractivity contribution in [2.75, 3.05) is 50.3 Å². The maximum atomic E-state index is 13.9. The van der Waals surface area contributed by atoms with Crippen LogP contribution in [0.1, 0.15) is 60.1 Å². The van der Waals surface area contributed by atoms with Crippen LogP contribution in [0.5, 0.6) is 0 Å². The van der Waals surface area contributed by atoms with Crippen LogP contribution in [0.15, 0.2) is 23.6 Å². The van der Waals surface area contributed by atoms with E-state index < -0.39 is 59.1 Å². The van der Waals surface area contributed by atoms with Crippen LogP contribution in [0.3, 0.4) is 0 Å². The van der Waals surface area contributed by atoms with E-state index in [-0.39, 0.29) is 31.2 Å². The minimum atomic E-state index is -5.18. The molecule has 4 aliphatic heterocycles. The lowest BCUT2D eigenvalue weighted by atomic mass is 9.96. The first-order valence-corrected chi connectivity index (χ1v) is 17.4. The topological polar surface area (TPSA) is 114 Å². The van der Waals surface area contributed by atoms with Gasteiger partial charge in [0, 0.05) is 49.6 Å². The molecule has 3 fully saturated rings. The molecule has 0 radical (unpaired) electrons. The van der Waals surface area contributed by atoms with Crippen molar-refractivity contribution in [1.29, 1.82) is 0 Å². The van der Waals surface area contributed by atoms with Crippen LogP contribution in [-0.4, -0.2) is 95.0 Å². The number of piperidine rings is 2. The third-order valence-electron chi connectivity index (χ3n) is 10.1. The number of nitrogen functional groups attached to an aromatic ring is 1. The number of carbonyl (C=O) groups is 3. The van der Waals surface area contributed by atoms with Gasteiger partial charge in [-0.1, -0.05) is 0 Å². The predicted octanol–water partition coefficient (Wildman–Crippen LogP) is 5.59. The lowest BCUT2D eigenvalue weighted by Crippen LogP contribution is -2.57. The summed E-state index contributed by atoms with van der Waals surface area (Å²) in [6, 6.07) is 0.705. The second kappa shape index (κ2) is 13.9.